The van der Waals surface area contributed by atoms with E-state index in [9.17, 15) is 0 Å². The molecule has 2 aromatic carbocycles. The van der Waals surface area contributed by atoms with Crippen LogP contribution in [0.1, 0.15) is 0 Å². The topological polar surface area (TPSA) is 31.6 Å². The van der Waals surface area contributed by atoms with Crippen molar-refractivity contribution in [2.45, 2.75) is 0 Å². The van der Waals surface area contributed by atoms with Gasteiger partial charge in [-0.2, -0.15) is 0 Å². The summed E-state index contributed by atoms with van der Waals surface area (Å²) in [7, 11) is 0. The van der Waals surface area contributed by atoms with E-state index in [0.29, 0.717) is 0 Å². The van der Waals surface area contributed by atoms with Crippen LogP contribution in [0.4, 0.5) is 0 Å². The van der Waals surface area contributed by atoms with Crippen molar-refractivity contribution in [3.05, 3.63) is 60.7 Å². The fourth-order valence-electron chi connectivity index (χ4n) is 2.43. The third kappa shape index (κ3) is 2.08. The molecule has 0 saturated heterocycles. The first kappa shape index (κ1) is 11.2. The Balaban J connectivity index is 1.73. The molecule has 2 N–H and O–H groups in total. The SMILES string of the molecule is c1ccc2[nH][c]([Zr][c]3cc4ccccc4[nH]3)cc2c1. The summed E-state index contributed by atoms with van der Waals surface area (Å²) in [6.45, 7) is 0. The summed E-state index contributed by atoms with van der Waals surface area (Å²) in [5.41, 5.74) is 2.49. The molecule has 0 bridgehead atoms. The predicted octanol–water partition coefficient (Wildman–Crippen LogP) is 2.68. The number of aromatic nitrogens is 2. The second-order valence-corrected chi connectivity index (χ2v) is 7.93. The van der Waals surface area contributed by atoms with Gasteiger partial charge in [0.15, 0.2) is 0 Å². The maximum atomic E-state index is 3.54. The van der Waals surface area contributed by atoms with Gasteiger partial charge in [0.2, 0.25) is 0 Å². The van der Waals surface area contributed by atoms with Crippen molar-refractivity contribution >= 4 is 28.6 Å². The zero-order valence-electron chi connectivity index (χ0n) is 10.3. The molecule has 0 radical (unpaired) electrons. The number of para-hydroxylation sites is 2. The average Bonchev–Trinajstić information content (AvgIpc) is 3.00. The van der Waals surface area contributed by atoms with Crippen LogP contribution in [-0.4, -0.2) is 9.97 Å². The van der Waals surface area contributed by atoms with Gasteiger partial charge in [-0.3, -0.25) is 0 Å². The molecule has 2 nitrogen and oxygen atoms in total. The number of H-pyrrole nitrogens is 2. The van der Waals surface area contributed by atoms with Crippen molar-refractivity contribution in [2.24, 2.45) is 0 Å². The van der Waals surface area contributed by atoms with Crippen molar-refractivity contribution in [3.8, 4) is 0 Å². The molecule has 0 fully saturated rings. The zero-order valence-corrected chi connectivity index (χ0v) is 12.7. The molecule has 0 unspecified atom stereocenters. The Kier molecular flexibility index (Phi) is 2.66. The van der Waals surface area contributed by atoms with Crippen LogP contribution in [0.2, 0.25) is 0 Å². The van der Waals surface area contributed by atoms with E-state index in [0.717, 1.165) is 0 Å². The summed E-state index contributed by atoms with van der Waals surface area (Å²) in [6.07, 6.45) is 0. The molecular formula is C16H12N2Zr. The van der Waals surface area contributed by atoms with Gasteiger partial charge in [0, 0.05) is 0 Å². The van der Waals surface area contributed by atoms with Crippen LogP contribution in [0.5, 0.6) is 0 Å². The molecule has 0 spiro atoms. The van der Waals surface area contributed by atoms with E-state index >= 15 is 0 Å². The Labute approximate surface area is 122 Å². The van der Waals surface area contributed by atoms with Gasteiger partial charge in [0.25, 0.3) is 0 Å². The summed E-state index contributed by atoms with van der Waals surface area (Å²) in [6, 6.07) is 21.6. The normalized spacial score (nSPS) is 11.2. The van der Waals surface area contributed by atoms with E-state index in [4.69, 9.17) is 0 Å². The molecule has 0 saturated carbocycles. The van der Waals surface area contributed by atoms with Crippen LogP contribution in [0.15, 0.2) is 60.7 Å². The van der Waals surface area contributed by atoms with Gasteiger partial charge in [0.1, 0.15) is 0 Å². The van der Waals surface area contributed by atoms with Gasteiger partial charge in [-0.05, 0) is 0 Å². The predicted molar refractivity (Wildman–Crippen MR) is 75.9 cm³/mol. The van der Waals surface area contributed by atoms with E-state index in [1.54, 1.807) is 0 Å². The molecule has 0 aliphatic carbocycles. The van der Waals surface area contributed by atoms with Crippen LogP contribution in [-0.2, 0) is 23.2 Å². The molecule has 0 atom stereocenters. The molecule has 3 heteroatoms. The molecule has 4 aromatic rings. The third-order valence-corrected chi connectivity index (χ3v) is 5.98. The zero-order chi connectivity index (χ0) is 12.7. The summed E-state index contributed by atoms with van der Waals surface area (Å²) < 4.78 is 2.83. The molecule has 4 rings (SSSR count). The average molecular weight is 324 g/mol. The first-order valence-corrected chi connectivity index (χ1v) is 8.77. The summed E-state index contributed by atoms with van der Waals surface area (Å²) in [5, 5.41) is 2.63. The number of nitrogens with one attached hydrogen (secondary N) is 2. The Morgan fingerprint density at radius 1 is 0.632 bits per heavy atom. The van der Waals surface area contributed by atoms with Crippen LogP contribution in [0.3, 0.4) is 0 Å². The first-order chi connectivity index (χ1) is 9.38. The minimum atomic E-state index is -0.770. The number of benzene rings is 2. The number of hydrogen-bond donors (Lipinski definition) is 2. The fraction of sp³-hybridized carbons (Fsp3) is 0. The minimum absolute atomic E-state index is 0.770. The van der Waals surface area contributed by atoms with Crippen LogP contribution in [0.25, 0.3) is 21.8 Å². The Morgan fingerprint density at radius 2 is 1.11 bits per heavy atom. The monoisotopic (exact) mass is 322 g/mol. The molecule has 19 heavy (non-hydrogen) atoms. The van der Waals surface area contributed by atoms with Crippen molar-refractivity contribution in [3.63, 3.8) is 0 Å². The van der Waals surface area contributed by atoms with E-state index in [2.05, 4.69) is 70.6 Å². The Hall–Kier alpha value is -1.60. The van der Waals surface area contributed by atoms with Gasteiger partial charge in [0.05, 0.1) is 0 Å². The van der Waals surface area contributed by atoms with Gasteiger partial charge < -0.3 is 0 Å². The van der Waals surface area contributed by atoms with Gasteiger partial charge >= 0.3 is 122 Å². The van der Waals surface area contributed by atoms with Crippen molar-refractivity contribution in [1.82, 2.24) is 9.97 Å². The Bertz CT molecular complexity index is 719. The quantitative estimate of drug-likeness (QED) is 0.568. The van der Waals surface area contributed by atoms with Crippen molar-refractivity contribution in [1.29, 1.82) is 0 Å². The van der Waals surface area contributed by atoms with Crippen molar-refractivity contribution < 1.29 is 23.2 Å². The summed E-state index contributed by atoms with van der Waals surface area (Å²) in [5.74, 6) is 0. The second kappa shape index (κ2) is 4.50. The molecule has 90 valence electrons. The van der Waals surface area contributed by atoms with E-state index in [1.807, 2.05) is 0 Å². The molecule has 2 aromatic heterocycles. The van der Waals surface area contributed by atoms with Gasteiger partial charge in [-0.25, -0.2) is 0 Å². The fourth-order valence-corrected chi connectivity index (χ4v) is 5.23. The number of rotatable bonds is 2. The molecular weight excluding hydrogens is 311 g/mol. The maximum absolute atomic E-state index is 3.54. The number of fused-ring (bicyclic) bond motifs is 2. The number of hydrogen-bond acceptors (Lipinski definition) is 0. The number of aromatic amines is 2. The van der Waals surface area contributed by atoms with E-state index < -0.39 is 23.2 Å². The van der Waals surface area contributed by atoms with E-state index in [1.165, 1.54) is 28.6 Å². The molecule has 0 aliphatic rings. The van der Waals surface area contributed by atoms with Crippen LogP contribution >= 0.6 is 0 Å². The summed E-state index contributed by atoms with van der Waals surface area (Å²) in [4.78, 5) is 7.09. The van der Waals surface area contributed by atoms with Gasteiger partial charge in [-0.1, -0.05) is 0 Å². The second-order valence-electron chi connectivity index (χ2n) is 4.67. The van der Waals surface area contributed by atoms with Crippen LogP contribution < -0.4 is 6.80 Å². The Morgan fingerprint density at radius 3 is 1.58 bits per heavy atom. The van der Waals surface area contributed by atoms with Gasteiger partial charge in [-0.15, -0.1) is 0 Å². The first-order valence-electron chi connectivity index (χ1n) is 6.31. The molecule has 0 aliphatic heterocycles. The summed E-state index contributed by atoms with van der Waals surface area (Å²) >= 11 is -0.770. The molecule has 0 amide bonds. The van der Waals surface area contributed by atoms with E-state index in [-0.39, 0.29) is 0 Å². The van der Waals surface area contributed by atoms with Crippen molar-refractivity contribution in [2.75, 3.05) is 0 Å². The molecule has 2 heterocycles. The standard InChI is InChI=1S/2C8H6N.Zr/c2*1-2-4-8-7(3-1)5-6-9-8;/h2*1-5,9H;. The van der Waals surface area contributed by atoms with Crippen LogP contribution in [0, 0.1) is 0 Å². The third-order valence-electron chi connectivity index (χ3n) is 3.33.